The van der Waals surface area contributed by atoms with Crippen LogP contribution < -0.4 is 16.5 Å². The lowest BCUT2D eigenvalue weighted by Crippen LogP contribution is -2.36. The number of hydrogen-bond acceptors (Lipinski definition) is 6. The minimum atomic E-state index is -0.573. The highest BCUT2D eigenvalue weighted by molar-refractivity contribution is 5.89. The fourth-order valence-corrected chi connectivity index (χ4v) is 2.74. The minimum Gasteiger partial charge on any atom is -0.442 e. The molecule has 9 heteroatoms. The van der Waals surface area contributed by atoms with Gasteiger partial charge in [0.1, 0.15) is 11.9 Å². The Balaban J connectivity index is 1.76. The molecule has 8 nitrogen and oxygen atoms in total. The van der Waals surface area contributed by atoms with Crippen LogP contribution in [0.1, 0.15) is 10.4 Å². The van der Waals surface area contributed by atoms with Crippen molar-refractivity contribution in [3.63, 3.8) is 0 Å². The molecule has 0 radical (unpaired) electrons. The molecule has 1 aliphatic rings. The van der Waals surface area contributed by atoms with E-state index in [0.29, 0.717) is 17.5 Å². The fourth-order valence-electron chi connectivity index (χ4n) is 2.74. The van der Waals surface area contributed by atoms with Crippen molar-refractivity contribution in [3.05, 3.63) is 60.4 Å². The van der Waals surface area contributed by atoms with Crippen LogP contribution in [0.3, 0.4) is 0 Å². The summed E-state index contributed by atoms with van der Waals surface area (Å²) in [7, 11) is 0. The van der Waals surface area contributed by atoms with Crippen molar-refractivity contribution in [1.29, 1.82) is 0 Å². The molecule has 0 aliphatic carbocycles. The third-order valence-electron chi connectivity index (χ3n) is 3.94. The average Bonchev–Trinajstić information content (AvgIpc) is 3.21. The number of benzene rings is 1. The Morgan fingerprint density at radius 3 is 2.85 bits per heavy atom. The molecule has 1 saturated heterocycles. The Morgan fingerprint density at radius 1 is 1.38 bits per heavy atom. The molecule has 0 unspecified atom stereocenters. The van der Waals surface area contributed by atoms with Gasteiger partial charge in [0, 0.05) is 30.4 Å². The van der Waals surface area contributed by atoms with Crippen molar-refractivity contribution in [2.45, 2.75) is 6.10 Å². The molecule has 0 saturated carbocycles. The first-order valence-electron chi connectivity index (χ1n) is 7.83. The molecule has 2 heterocycles. The Labute approximate surface area is 149 Å². The third kappa shape index (κ3) is 3.52. The summed E-state index contributed by atoms with van der Waals surface area (Å²) in [6.45, 7) is 0.497. The van der Waals surface area contributed by atoms with Gasteiger partial charge in [0.25, 0.3) is 0 Å². The van der Waals surface area contributed by atoms with Crippen LogP contribution in [0, 0.1) is 5.82 Å². The van der Waals surface area contributed by atoms with Crippen LogP contribution in [-0.2, 0) is 4.74 Å². The zero-order valence-corrected chi connectivity index (χ0v) is 13.8. The second kappa shape index (κ2) is 7.28. The second-order valence-corrected chi connectivity index (χ2v) is 5.76. The summed E-state index contributed by atoms with van der Waals surface area (Å²) in [5, 5.41) is 1.31. The van der Waals surface area contributed by atoms with Gasteiger partial charge >= 0.3 is 6.09 Å². The van der Waals surface area contributed by atoms with E-state index in [1.807, 2.05) is 0 Å². The van der Waals surface area contributed by atoms with E-state index in [1.165, 1.54) is 45.2 Å². The number of nitrogens with zero attached hydrogens (tertiary/aromatic N) is 3. The highest BCUT2D eigenvalue weighted by Gasteiger charge is 2.33. The molecule has 1 aromatic heterocycles. The SMILES string of the molecule is N/C=C\N(N)C[C@H]1CN(c2ccc(-n3ccc(C=O)c3)c(F)c2)C(=O)O1. The molecule has 1 aromatic carbocycles. The molecule has 26 heavy (non-hydrogen) atoms. The smallest absolute Gasteiger partial charge is 0.414 e. The lowest BCUT2D eigenvalue weighted by molar-refractivity contribution is 0.112. The van der Waals surface area contributed by atoms with E-state index in [9.17, 15) is 14.0 Å². The van der Waals surface area contributed by atoms with Crippen molar-refractivity contribution >= 4 is 18.1 Å². The van der Waals surface area contributed by atoms with Crippen molar-refractivity contribution in [2.24, 2.45) is 11.6 Å². The van der Waals surface area contributed by atoms with Gasteiger partial charge in [-0.1, -0.05) is 0 Å². The molecule has 3 rings (SSSR count). The Bertz CT molecular complexity index is 851. The van der Waals surface area contributed by atoms with Crippen molar-refractivity contribution in [1.82, 2.24) is 9.58 Å². The van der Waals surface area contributed by atoms with Gasteiger partial charge in [0.2, 0.25) is 0 Å². The first-order valence-corrected chi connectivity index (χ1v) is 7.83. The number of halogens is 1. The summed E-state index contributed by atoms with van der Waals surface area (Å²) in [5.74, 6) is 5.16. The summed E-state index contributed by atoms with van der Waals surface area (Å²) in [4.78, 5) is 24.2. The Morgan fingerprint density at radius 2 is 2.19 bits per heavy atom. The minimum absolute atomic E-state index is 0.239. The molecule has 1 fully saturated rings. The topological polar surface area (TPSA) is 107 Å². The number of aromatic nitrogens is 1. The van der Waals surface area contributed by atoms with Crippen molar-refractivity contribution in [2.75, 3.05) is 18.0 Å². The van der Waals surface area contributed by atoms with Crippen LogP contribution in [-0.4, -0.2) is 41.1 Å². The van der Waals surface area contributed by atoms with Gasteiger partial charge < -0.3 is 20.0 Å². The lowest BCUT2D eigenvalue weighted by Gasteiger charge is -2.17. The molecule has 1 amide bonds. The zero-order valence-electron chi connectivity index (χ0n) is 13.8. The normalized spacial score (nSPS) is 16.9. The van der Waals surface area contributed by atoms with Crippen molar-refractivity contribution < 1.29 is 18.7 Å². The molecule has 1 atom stereocenters. The molecule has 2 aromatic rings. The Hall–Kier alpha value is -3.33. The number of rotatable bonds is 6. The first kappa shape index (κ1) is 17.5. The third-order valence-corrected chi connectivity index (χ3v) is 3.94. The molecule has 136 valence electrons. The van der Waals surface area contributed by atoms with Crippen LogP contribution in [0.5, 0.6) is 0 Å². The largest absolute Gasteiger partial charge is 0.442 e. The summed E-state index contributed by atoms with van der Waals surface area (Å²) >= 11 is 0. The highest BCUT2D eigenvalue weighted by atomic mass is 19.1. The molecular formula is C17H18FN5O3. The number of aldehydes is 1. The maximum absolute atomic E-state index is 14.5. The van der Waals surface area contributed by atoms with E-state index in [1.54, 1.807) is 18.3 Å². The van der Waals surface area contributed by atoms with Gasteiger partial charge in [-0.25, -0.2) is 15.0 Å². The number of carbonyl (C=O) groups excluding carboxylic acids is 2. The number of ether oxygens (including phenoxy) is 1. The van der Waals surface area contributed by atoms with Crippen molar-refractivity contribution in [3.8, 4) is 5.69 Å². The van der Waals surface area contributed by atoms with E-state index in [2.05, 4.69) is 0 Å². The van der Waals surface area contributed by atoms with Crippen LogP contribution >= 0.6 is 0 Å². The number of hydrogen-bond donors (Lipinski definition) is 2. The van der Waals surface area contributed by atoms with Crippen LogP contribution in [0.15, 0.2) is 49.1 Å². The van der Waals surface area contributed by atoms with E-state index in [-0.39, 0.29) is 18.8 Å². The molecule has 0 bridgehead atoms. The average molecular weight is 359 g/mol. The predicted octanol–water partition coefficient (Wildman–Crippen LogP) is 1.36. The van der Waals surface area contributed by atoms with Crippen LogP contribution in [0.2, 0.25) is 0 Å². The fraction of sp³-hybridized carbons (Fsp3) is 0.176. The van der Waals surface area contributed by atoms with E-state index in [4.69, 9.17) is 16.3 Å². The molecule has 0 spiro atoms. The summed E-state index contributed by atoms with van der Waals surface area (Å²) in [6.07, 6.45) is 5.48. The van der Waals surface area contributed by atoms with Gasteiger partial charge in [0.15, 0.2) is 6.29 Å². The lowest BCUT2D eigenvalue weighted by atomic mass is 10.2. The monoisotopic (exact) mass is 359 g/mol. The quantitative estimate of drug-likeness (QED) is 0.458. The number of hydrazine groups is 1. The van der Waals surface area contributed by atoms with E-state index in [0.717, 1.165) is 0 Å². The second-order valence-electron chi connectivity index (χ2n) is 5.76. The number of cyclic esters (lactones) is 1. The number of amides is 1. The van der Waals surface area contributed by atoms with Crippen LogP contribution in [0.25, 0.3) is 5.69 Å². The van der Waals surface area contributed by atoms with Gasteiger partial charge in [0.05, 0.1) is 24.5 Å². The summed E-state index contributed by atoms with van der Waals surface area (Å²) in [6, 6.07) is 5.98. The maximum atomic E-state index is 14.5. The van der Waals surface area contributed by atoms with Gasteiger partial charge in [-0.15, -0.1) is 0 Å². The predicted molar refractivity (Wildman–Crippen MR) is 93.0 cm³/mol. The van der Waals surface area contributed by atoms with Gasteiger partial charge in [-0.2, -0.15) is 0 Å². The van der Waals surface area contributed by atoms with Gasteiger partial charge in [-0.05, 0) is 24.3 Å². The Kier molecular flexibility index (Phi) is 4.90. The van der Waals surface area contributed by atoms with E-state index >= 15 is 0 Å². The molecule has 4 N–H and O–H groups in total. The highest BCUT2D eigenvalue weighted by Crippen LogP contribution is 2.26. The summed E-state index contributed by atoms with van der Waals surface area (Å²) < 4.78 is 21.2. The zero-order chi connectivity index (χ0) is 18.7. The maximum Gasteiger partial charge on any atom is 0.414 e. The van der Waals surface area contributed by atoms with Gasteiger partial charge in [-0.3, -0.25) is 9.69 Å². The molecule has 1 aliphatic heterocycles. The van der Waals surface area contributed by atoms with Crippen LogP contribution in [0.4, 0.5) is 14.9 Å². The standard InChI is InChI=1S/C17H18FN5O3/c18-15-7-13(1-2-16(15)21-5-3-12(8-21)11-24)23-10-14(26-17(23)25)9-22(20)6-4-19/h1-8,11,14H,9-10,19-20H2/b6-4-/t14-/m0/s1. The number of nitrogens with two attached hydrogens (primary N) is 2. The van der Waals surface area contributed by atoms with E-state index < -0.39 is 18.0 Å². The molecular weight excluding hydrogens is 341 g/mol. The first-order chi connectivity index (χ1) is 12.5. The summed E-state index contributed by atoms with van der Waals surface area (Å²) in [5.41, 5.74) is 6.34. The number of anilines is 1. The number of carbonyl (C=O) groups is 2.